The van der Waals surface area contributed by atoms with Gasteiger partial charge < -0.3 is 15.0 Å². The predicted molar refractivity (Wildman–Crippen MR) is 107 cm³/mol. The Morgan fingerprint density at radius 2 is 1.63 bits per heavy atom. The number of benzene rings is 2. The lowest BCUT2D eigenvalue weighted by Crippen LogP contribution is -2.48. The third-order valence-electron chi connectivity index (χ3n) is 4.62. The number of rotatable bonds is 8. The largest absolute Gasteiger partial charge is 0.497 e. The Balaban J connectivity index is 2.24. The van der Waals surface area contributed by atoms with Gasteiger partial charge in [0.1, 0.15) is 11.8 Å². The molecular weight excluding hydrogens is 340 g/mol. The van der Waals surface area contributed by atoms with E-state index in [1.165, 1.54) is 0 Å². The van der Waals surface area contributed by atoms with Crippen molar-refractivity contribution in [3.63, 3.8) is 0 Å². The number of nitrogens with one attached hydrogen (secondary N) is 1. The van der Waals surface area contributed by atoms with Gasteiger partial charge in [-0.25, -0.2) is 0 Å². The van der Waals surface area contributed by atoms with Gasteiger partial charge in [-0.05, 0) is 36.6 Å². The predicted octanol–water partition coefficient (Wildman–Crippen LogP) is 3.10. The lowest BCUT2D eigenvalue weighted by molar-refractivity contribution is -0.140. The molecule has 0 radical (unpaired) electrons. The quantitative estimate of drug-likeness (QED) is 0.779. The first-order chi connectivity index (χ1) is 13.0. The Bertz CT molecular complexity index is 754. The minimum absolute atomic E-state index is 0.0730. The molecule has 5 heteroatoms. The molecule has 0 saturated carbocycles. The standard InChI is InChI=1S/C22H28N2O3/c1-5-20(22(26)23-3)24(15-18-8-6-16(2)7-9-18)21(25)14-17-10-12-19(27-4)13-11-17/h6-13,20H,5,14-15H2,1-4H3,(H,23,26)/t20-/m0/s1. The fraction of sp³-hybridized carbons (Fsp3) is 0.364. The molecule has 1 atom stereocenters. The third kappa shape index (κ3) is 5.58. The van der Waals surface area contributed by atoms with E-state index in [9.17, 15) is 9.59 Å². The van der Waals surface area contributed by atoms with Gasteiger partial charge in [-0.1, -0.05) is 48.9 Å². The fourth-order valence-electron chi connectivity index (χ4n) is 3.00. The van der Waals surface area contributed by atoms with Crippen LogP contribution in [-0.2, 0) is 22.6 Å². The van der Waals surface area contributed by atoms with Gasteiger partial charge in [-0.3, -0.25) is 9.59 Å². The van der Waals surface area contributed by atoms with Crippen LogP contribution in [0.4, 0.5) is 0 Å². The normalized spacial score (nSPS) is 11.6. The lowest BCUT2D eigenvalue weighted by Gasteiger charge is -2.30. The van der Waals surface area contributed by atoms with E-state index >= 15 is 0 Å². The second kappa shape index (κ2) is 9.76. The van der Waals surface area contributed by atoms with E-state index in [1.807, 2.05) is 62.4 Å². The van der Waals surface area contributed by atoms with Crippen LogP contribution in [0.5, 0.6) is 5.75 Å². The van der Waals surface area contributed by atoms with Crippen LogP contribution in [0.25, 0.3) is 0 Å². The number of amides is 2. The number of hydrogen-bond acceptors (Lipinski definition) is 3. The first-order valence-corrected chi connectivity index (χ1v) is 9.18. The van der Waals surface area contributed by atoms with E-state index < -0.39 is 6.04 Å². The summed E-state index contributed by atoms with van der Waals surface area (Å²) in [7, 11) is 3.21. The Morgan fingerprint density at radius 1 is 1.04 bits per heavy atom. The number of methoxy groups -OCH3 is 1. The van der Waals surface area contributed by atoms with Crippen molar-refractivity contribution in [2.45, 2.75) is 39.3 Å². The summed E-state index contributed by atoms with van der Waals surface area (Å²) in [6.07, 6.45) is 0.795. The van der Waals surface area contributed by atoms with Crippen molar-refractivity contribution >= 4 is 11.8 Å². The maximum atomic E-state index is 13.1. The highest BCUT2D eigenvalue weighted by atomic mass is 16.5. The van der Waals surface area contributed by atoms with Crippen molar-refractivity contribution in [1.82, 2.24) is 10.2 Å². The van der Waals surface area contributed by atoms with Gasteiger partial charge in [-0.15, -0.1) is 0 Å². The summed E-state index contributed by atoms with van der Waals surface area (Å²) in [6, 6.07) is 15.0. The van der Waals surface area contributed by atoms with Gasteiger partial charge in [0.05, 0.1) is 13.5 Å². The van der Waals surface area contributed by atoms with Crippen molar-refractivity contribution in [3.05, 3.63) is 65.2 Å². The maximum absolute atomic E-state index is 13.1. The number of carbonyl (C=O) groups excluding carboxylic acids is 2. The fourth-order valence-corrected chi connectivity index (χ4v) is 3.00. The van der Waals surface area contributed by atoms with Crippen molar-refractivity contribution in [1.29, 1.82) is 0 Å². The van der Waals surface area contributed by atoms with Crippen molar-refractivity contribution in [3.8, 4) is 5.75 Å². The summed E-state index contributed by atoms with van der Waals surface area (Å²) in [4.78, 5) is 27.1. The molecule has 5 nitrogen and oxygen atoms in total. The molecule has 0 aliphatic rings. The van der Waals surface area contributed by atoms with Crippen LogP contribution in [0.2, 0.25) is 0 Å². The second-order valence-corrected chi connectivity index (χ2v) is 6.57. The molecule has 0 aliphatic heterocycles. The number of ether oxygens (including phenoxy) is 1. The van der Waals surface area contributed by atoms with Crippen LogP contribution >= 0.6 is 0 Å². The molecule has 144 valence electrons. The number of carbonyl (C=O) groups is 2. The third-order valence-corrected chi connectivity index (χ3v) is 4.62. The Hall–Kier alpha value is -2.82. The van der Waals surface area contributed by atoms with E-state index in [-0.39, 0.29) is 18.2 Å². The average molecular weight is 368 g/mol. The van der Waals surface area contributed by atoms with Crippen molar-refractivity contribution in [2.75, 3.05) is 14.2 Å². The first kappa shape index (κ1) is 20.5. The van der Waals surface area contributed by atoms with E-state index in [1.54, 1.807) is 19.1 Å². The van der Waals surface area contributed by atoms with E-state index in [0.717, 1.165) is 22.4 Å². The number of likely N-dealkylation sites (N-methyl/N-ethyl adjacent to an activating group) is 1. The number of aryl methyl sites for hydroxylation is 1. The van der Waals surface area contributed by atoms with Crippen LogP contribution < -0.4 is 10.1 Å². The zero-order valence-corrected chi connectivity index (χ0v) is 16.5. The minimum Gasteiger partial charge on any atom is -0.497 e. The van der Waals surface area contributed by atoms with Crippen LogP contribution in [0.1, 0.15) is 30.0 Å². The minimum atomic E-state index is -0.498. The summed E-state index contributed by atoms with van der Waals surface area (Å²) in [5.41, 5.74) is 3.06. The summed E-state index contributed by atoms with van der Waals surface area (Å²) < 4.78 is 5.16. The monoisotopic (exact) mass is 368 g/mol. The molecule has 0 heterocycles. The summed E-state index contributed by atoms with van der Waals surface area (Å²) in [6.45, 7) is 4.35. The molecule has 27 heavy (non-hydrogen) atoms. The molecule has 0 fully saturated rings. The van der Waals surface area contributed by atoms with Gasteiger partial charge in [0.25, 0.3) is 0 Å². The smallest absolute Gasteiger partial charge is 0.242 e. The average Bonchev–Trinajstić information content (AvgIpc) is 2.69. The van der Waals surface area contributed by atoms with Crippen LogP contribution in [-0.4, -0.2) is 36.9 Å². The highest BCUT2D eigenvalue weighted by Crippen LogP contribution is 2.17. The highest BCUT2D eigenvalue weighted by Gasteiger charge is 2.27. The molecule has 0 bridgehead atoms. The Labute approximate surface area is 161 Å². The maximum Gasteiger partial charge on any atom is 0.242 e. The van der Waals surface area contributed by atoms with E-state index in [2.05, 4.69) is 5.32 Å². The van der Waals surface area contributed by atoms with Gasteiger partial charge in [0, 0.05) is 13.6 Å². The molecule has 0 saturated heterocycles. The molecule has 0 spiro atoms. The molecule has 0 aliphatic carbocycles. The first-order valence-electron chi connectivity index (χ1n) is 9.18. The van der Waals surface area contributed by atoms with Gasteiger partial charge in [-0.2, -0.15) is 0 Å². The highest BCUT2D eigenvalue weighted by molar-refractivity contribution is 5.88. The Morgan fingerprint density at radius 3 is 2.15 bits per heavy atom. The van der Waals surface area contributed by atoms with Gasteiger partial charge >= 0.3 is 0 Å². The molecule has 2 rings (SSSR count). The van der Waals surface area contributed by atoms with Crippen molar-refractivity contribution < 1.29 is 14.3 Å². The molecular formula is C22H28N2O3. The summed E-state index contributed by atoms with van der Waals surface area (Å²) in [5.74, 6) is 0.531. The second-order valence-electron chi connectivity index (χ2n) is 6.57. The zero-order valence-electron chi connectivity index (χ0n) is 16.5. The van der Waals surface area contributed by atoms with Crippen LogP contribution in [0.3, 0.4) is 0 Å². The van der Waals surface area contributed by atoms with Crippen LogP contribution in [0, 0.1) is 6.92 Å². The molecule has 1 N–H and O–H groups in total. The summed E-state index contributed by atoms with van der Waals surface area (Å²) in [5, 5.41) is 2.68. The lowest BCUT2D eigenvalue weighted by atomic mass is 10.1. The van der Waals surface area contributed by atoms with Gasteiger partial charge in [0.15, 0.2) is 0 Å². The van der Waals surface area contributed by atoms with Gasteiger partial charge in [0.2, 0.25) is 11.8 Å². The zero-order chi connectivity index (χ0) is 19.8. The van der Waals surface area contributed by atoms with Crippen molar-refractivity contribution in [2.24, 2.45) is 0 Å². The molecule has 2 aromatic rings. The summed E-state index contributed by atoms with van der Waals surface area (Å²) >= 11 is 0. The van der Waals surface area contributed by atoms with E-state index in [0.29, 0.717) is 13.0 Å². The van der Waals surface area contributed by atoms with E-state index in [4.69, 9.17) is 4.74 Å². The SMILES string of the molecule is CC[C@@H](C(=O)NC)N(Cc1ccc(C)cc1)C(=O)Cc1ccc(OC)cc1. The topological polar surface area (TPSA) is 58.6 Å². The number of hydrogen-bond donors (Lipinski definition) is 1. The molecule has 0 aromatic heterocycles. The Kier molecular flexibility index (Phi) is 7.41. The molecule has 2 amide bonds. The molecule has 0 unspecified atom stereocenters. The van der Waals surface area contributed by atoms with Crippen LogP contribution in [0.15, 0.2) is 48.5 Å². The molecule has 2 aromatic carbocycles. The number of nitrogens with zero attached hydrogens (tertiary/aromatic N) is 1.